The number of amides is 1. The zero-order chi connectivity index (χ0) is 15.2. The molecule has 0 bridgehead atoms. The van der Waals surface area contributed by atoms with Crippen LogP contribution in [0.25, 0.3) is 5.69 Å². The van der Waals surface area contributed by atoms with Gasteiger partial charge in [-0.3, -0.25) is 9.48 Å². The van der Waals surface area contributed by atoms with Gasteiger partial charge < -0.3 is 5.32 Å². The number of para-hydroxylation sites is 1. The molecule has 0 aliphatic rings. The second-order valence-corrected chi connectivity index (χ2v) is 4.89. The lowest BCUT2D eigenvalue weighted by Crippen LogP contribution is -2.25. The molecule has 6 heteroatoms. The van der Waals surface area contributed by atoms with Crippen molar-refractivity contribution in [2.45, 2.75) is 13.0 Å². The zero-order valence-electron chi connectivity index (χ0n) is 12.1. The molecule has 0 aliphatic heterocycles. The lowest BCUT2D eigenvalue weighted by atomic mass is 10.3. The fraction of sp³-hybridized carbons (Fsp3) is 0.188. The lowest BCUT2D eigenvalue weighted by Gasteiger charge is -2.04. The molecule has 0 atom stereocenters. The highest BCUT2D eigenvalue weighted by Crippen LogP contribution is 2.07. The molecule has 0 spiro atoms. The Balaban J connectivity index is 1.51. The summed E-state index contributed by atoms with van der Waals surface area (Å²) >= 11 is 0. The third-order valence-electron chi connectivity index (χ3n) is 3.27. The molecule has 1 aromatic carbocycles. The second-order valence-electron chi connectivity index (χ2n) is 4.89. The van der Waals surface area contributed by atoms with Crippen molar-refractivity contribution in [1.82, 2.24) is 24.9 Å². The van der Waals surface area contributed by atoms with Crippen molar-refractivity contribution in [3.8, 4) is 5.69 Å². The number of benzene rings is 1. The number of nitrogens with zero attached hydrogens (tertiary/aromatic N) is 4. The van der Waals surface area contributed by atoms with Gasteiger partial charge in [0.2, 0.25) is 0 Å². The molecule has 3 rings (SSSR count). The molecular weight excluding hydrogens is 278 g/mol. The maximum Gasteiger partial charge on any atom is 0.254 e. The van der Waals surface area contributed by atoms with Gasteiger partial charge in [-0.15, -0.1) is 0 Å². The van der Waals surface area contributed by atoms with Crippen molar-refractivity contribution in [2.24, 2.45) is 0 Å². The Labute approximate surface area is 128 Å². The highest BCUT2D eigenvalue weighted by atomic mass is 16.1. The average molecular weight is 295 g/mol. The fourth-order valence-corrected chi connectivity index (χ4v) is 2.14. The molecular formula is C16H17N5O. The Morgan fingerprint density at radius 3 is 2.77 bits per heavy atom. The Kier molecular flexibility index (Phi) is 4.29. The molecule has 0 saturated heterocycles. The lowest BCUT2D eigenvalue weighted by molar-refractivity contribution is 0.0952. The van der Waals surface area contributed by atoms with E-state index in [0.29, 0.717) is 12.1 Å². The smallest absolute Gasteiger partial charge is 0.254 e. The maximum atomic E-state index is 12.1. The van der Waals surface area contributed by atoms with Gasteiger partial charge in [-0.2, -0.15) is 10.2 Å². The van der Waals surface area contributed by atoms with Crippen LogP contribution in [-0.4, -0.2) is 32.0 Å². The van der Waals surface area contributed by atoms with Gasteiger partial charge in [0.15, 0.2) is 0 Å². The largest absolute Gasteiger partial charge is 0.352 e. The van der Waals surface area contributed by atoms with Gasteiger partial charge in [-0.1, -0.05) is 18.2 Å². The normalized spacial score (nSPS) is 10.5. The molecule has 0 radical (unpaired) electrons. The standard InChI is InChI=1S/C16H17N5O/c22-16(17-8-4-10-20-11-5-9-18-20)14-12-19-21(13-14)15-6-2-1-3-7-15/h1-3,5-7,9,11-13H,4,8,10H2,(H,17,22). The van der Waals surface area contributed by atoms with Crippen LogP contribution in [0.2, 0.25) is 0 Å². The molecule has 6 nitrogen and oxygen atoms in total. The third-order valence-corrected chi connectivity index (χ3v) is 3.27. The summed E-state index contributed by atoms with van der Waals surface area (Å²) in [6.07, 6.45) is 7.80. The van der Waals surface area contributed by atoms with Gasteiger partial charge in [0.25, 0.3) is 5.91 Å². The summed E-state index contributed by atoms with van der Waals surface area (Å²) in [6, 6.07) is 11.6. The molecule has 22 heavy (non-hydrogen) atoms. The van der Waals surface area contributed by atoms with E-state index >= 15 is 0 Å². The van der Waals surface area contributed by atoms with E-state index in [-0.39, 0.29) is 5.91 Å². The molecule has 2 aromatic heterocycles. The van der Waals surface area contributed by atoms with Crippen molar-refractivity contribution >= 4 is 5.91 Å². The van der Waals surface area contributed by atoms with E-state index in [1.807, 2.05) is 47.3 Å². The predicted molar refractivity (Wildman–Crippen MR) is 82.7 cm³/mol. The SMILES string of the molecule is O=C(NCCCn1cccn1)c1cnn(-c2ccccc2)c1. The summed E-state index contributed by atoms with van der Waals surface area (Å²) in [7, 11) is 0. The Bertz CT molecular complexity index is 718. The third kappa shape index (κ3) is 3.41. The molecule has 2 heterocycles. The number of hydrogen-bond donors (Lipinski definition) is 1. The first-order chi connectivity index (χ1) is 10.8. The van der Waals surface area contributed by atoms with Crippen LogP contribution in [0.1, 0.15) is 16.8 Å². The van der Waals surface area contributed by atoms with Crippen molar-refractivity contribution in [3.05, 3.63) is 66.7 Å². The number of aromatic nitrogens is 4. The van der Waals surface area contributed by atoms with Crippen LogP contribution in [-0.2, 0) is 6.54 Å². The summed E-state index contributed by atoms with van der Waals surface area (Å²) in [6.45, 7) is 1.39. The van der Waals surface area contributed by atoms with Crippen molar-refractivity contribution in [3.63, 3.8) is 0 Å². The first-order valence-electron chi connectivity index (χ1n) is 7.19. The summed E-state index contributed by atoms with van der Waals surface area (Å²) in [5.41, 5.74) is 1.49. The Hall–Kier alpha value is -2.89. The minimum absolute atomic E-state index is 0.109. The van der Waals surface area contributed by atoms with Crippen LogP contribution < -0.4 is 5.32 Å². The van der Waals surface area contributed by atoms with Crippen LogP contribution in [0.15, 0.2) is 61.2 Å². The number of aryl methyl sites for hydroxylation is 1. The van der Waals surface area contributed by atoms with Gasteiger partial charge in [0.1, 0.15) is 0 Å². The van der Waals surface area contributed by atoms with Crippen LogP contribution in [0, 0.1) is 0 Å². The van der Waals surface area contributed by atoms with Crippen molar-refractivity contribution in [1.29, 1.82) is 0 Å². The topological polar surface area (TPSA) is 64.7 Å². The molecule has 0 saturated carbocycles. The summed E-state index contributed by atoms with van der Waals surface area (Å²) < 4.78 is 3.54. The summed E-state index contributed by atoms with van der Waals surface area (Å²) in [4.78, 5) is 12.1. The van der Waals surface area contributed by atoms with Crippen LogP contribution in [0.3, 0.4) is 0 Å². The van der Waals surface area contributed by atoms with Gasteiger partial charge in [0.05, 0.1) is 17.4 Å². The minimum atomic E-state index is -0.109. The van der Waals surface area contributed by atoms with Crippen molar-refractivity contribution in [2.75, 3.05) is 6.54 Å². The molecule has 1 amide bonds. The number of rotatable bonds is 6. The zero-order valence-corrected chi connectivity index (χ0v) is 12.1. The van der Waals surface area contributed by atoms with E-state index in [0.717, 1.165) is 18.7 Å². The van der Waals surface area contributed by atoms with Crippen molar-refractivity contribution < 1.29 is 4.79 Å². The van der Waals surface area contributed by atoms with E-state index in [1.165, 1.54) is 0 Å². The number of nitrogens with one attached hydrogen (secondary N) is 1. The number of carbonyl (C=O) groups excluding carboxylic acids is 1. The van der Waals surface area contributed by atoms with Gasteiger partial charge in [0, 0.05) is 31.7 Å². The molecule has 0 unspecified atom stereocenters. The van der Waals surface area contributed by atoms with E-state index in [1.54, 1.807) is 23.3 Å². The number of hydrogen-bond acceptors (Lipinski definition) is 3. The van der Waals surface area contributed by atoms with E-state index < -0.39 is 0 Å². The fourth-order valence-electron chi connectivity index (χ4n) is 2.14. The quantitative estimate of drug-likeness (QED) is 0.706. The summed E-state index contributed by atoms with van der Waals surface area (Å²) in [5, 5.41) is 11.2. The van der Waals surface area contributed by atoms with Gasteiger partial charge in [-0.05, 0) is 24.6 Å². The van der Waals surface area contributed by atoms with Crippen LogP contribution in [0.5, 0.6) is 0 Å². The van der Waals surface area contributed by atoms with E-state index in [9.17, 15) is 4.79 Å². The average Bonchev–Trinajstić information content (AvgIpc) is 3.24. The highest BCUT2D eigenvalue weighted by Gasteiger charge is 2.08. The first kappa shape index (κ1) is 14.1. The van der Waals surface area contributed by atoms with Gasteiger partial charge in [-0.25, -0.2) is 4.68 Å². The van der Waals surface area contributed by atoms with Crippen LogP contribution >= 0.6 is 0 Å². The minimum Gasteiger partial charge on any atom is -0.352 e. The molecule has 0 aliphatic carbocycles. The summed E-state index contributed by atoms with van der Waals surface area (Å²) in [5.74, 6) is -0.109. The predicted octanol–water partition coefficient (Wildman–Crippen LogP) is 1.89. The van der Waals surface area contributed by atoms with E-state index in [2.05, 4.69) is 15.5 Å². The Morgan fingerprint density at radius 2 is 2.00 bits per heavy atom. The number of carbonyl (C=O) groups is 1. The Morgan fingerprint density at radius 1 is 1.14 bits per heavy atom. The highest BCUT2D eigenvalue weighted by molar-refractivity contribution is 5.93. The molecule has 3 aromatic rings. The van der Waals surface area contributed by atoms with E-state index in [4.69, 9.17) is 0 Å². The molecule has 1 N–H and O–H groups in total. The van der Waals surface area contributed by atoms with Crippen LogP contribution in [0.4, 0.5) is 0 Å². The monoisotopic (exact) mass is 295 g/mol. The molecule has 0 fully saturated rings. The first-order valence-corrected chi connectivity index (χ1v) is 7.19. The molecule has 112 valence electrons. The van der Waals surface area contributed by atoms with Gasteiger partial charge >= 0.3 is 0 Å². The second kappa shape index (κ2) is 6.71. The maximum absolute atomic E-state index is 12.1.